The van der Waals surface area contributed by atoms with Crippen LogP contribution < -0.4 is 10.6 Å². The second kappa shape index (κ2) is 9.44. The second-order valence-electron chi connectivity index (χ2n) is 8.98. The zero-order chi connectivity index (χ0) is 19.3. The van der Waals surface area contributed by atoms with Crippen LogP contribution in [0.3, 0.4) is 0 Å². The average Bonchev–Trinajstić information content (AvgIpc) is 3.52. The third-order valence-corrected chi connectivity index (χ3v) is 7.02. The first kappa shape index (κ1) is 20.0. The fourth-order valence-corrected chi connectivity index (χ4v) is 4.67. The van der Waals surface area contributed by atoms with Gasteiger partial charge >= 0.3 is 0 Å². The normalized spacial score (nSPS) is 26.2. The van der Waals surface area contributed by atoms with E-state index >= 15 is 0 Å². The van der Waals surface area contributed by atoms with Gasteiger partial charge < -0.3 is 20.4 Å². The van der Waals surface area contributed by atoms with Gasteiger partial charge in [-0.1, -0.05) is 6.42 Å². The third-order valence-electron chi connectivity index (χ3n) is 7.02. The van der Waals surface area contributed by atoms with E-state index in [1.165, 1.54) is 45.2 Å². The summed E-state index contributed by atoms with van der Waals surface area (Å²) in [5, 5.41) is 7.10. The maximum absolute atomic E-state index is 12.3. The van der Waals surface area contributed by atoms with E-state index < -0.39 is 0 Å². The number of piperazine rings is 1. The van der Waals surface area contributed by atoms with E-state index in [-0.39, 0.29) is 0 Å². The van der Waals surface area contributed by atoms with Crippen molar-refractivity contribution >= 4 is 11.9 Å². The predicted octanol–water partition coefficient (Wildman–Crippen LogP) is 0.723. The number of likely N-dealkylation sites (tertiary alicyclic amines) is 1. The molecule has 0 aromatic rings. The highest BCUT2D eigenvalue weighted by molar-refractivity contribution is 5.80. The van der Waals surface area contributed by atoms with Crippen LogP contribution in [0.1, 0.15) is 44.9 Å². The highest BCUT2D eigenvalue weighted by atomic mass is 16.2. The van der Waals surface area contributed by atoms with Gasteiger partial charge in [-0.25, -0.2) is 0 Å². The maximum Gasteiger partial charge on any atom is 0.225 e. The van der Waals surface area contributed by atoms with Crippen LogP contribution in [-0.4, -0.2) is 98.1 Å². The van der Waals surface area contributed by atoms with Gasteiger partial charge in [-0.3, -0.25) is 14.7 Å². The molecule has 0 radical (unpaired) electrons. The average molecular weight is 391 g/mol. The Kier molecular flexibility index (Phi) is 6.73. The molecule has 7 nitrogen and oxygen atoms in total. The molecule has 2 saturated heterocycles. The van der Waals surface area contributed by atoms with Crippen LogP contribution in [0.4, 0.5) is 0 Å². The molecule has 0 aromatic carbocycles. The first-order valence-electron chi connectivity index (χ1n) is 11.5. The van der Waals surface area contributed by atoms with Gasteiger partial charge in [0.2, 0.25) is 5.91 Å². The topological polar surface area (TPSA) is 63.2 Å². The highest BCUT2D eigenvalue weighted by Gasteiger charge is 2.32. The quantitative estimate of drug-likeness (QED) is 0.517. The fourth-order valence-electron chi connectivity index (χ4n) is 4.67. The van der Waals surface area contributed by atoms with Crippen LogP contribution in [0.5, 0.6) is 0 Å². The largest absolute Gasteiger partial charge is 0.355 e. The zero-order valence-corrected chi connectivity index (χ0v) is 17.5. The van der Waals surface area contributed by atoms with Crippen molar-refractivity contribution in [2.45, 2.75) is 57.0 Å². The van der Waals surface area contributed by atoms with Crippen LogP contribution in [0, 0.1) is 5.92 Å². The lowest BCUT2D eigenvalue weighted by Gasteiger charge is -2.38. The maximum atomic E-state index is 12.3. The molecule has 4 rings (SSSR count). The molecule has 4 aliphatic rings. The number of hydrogen-bond acceptors (Lipinski definition) is 4. The van der Waals surface area contributed by atoms with Crippen molar-refractivity contribution in [3.63, 3.8) is 0 Å². The first-order chi connectivity index (χ1) is 13.7. The molecule has 28 heavy (non-hydrogen) atoms. The molecule has 0 atom stereocenters. The van der Waals surface area contributed by atoms with Crippen molar-refractivity contribution in [1.29, 1.82) is 0 Å². The van der Waals surface area contributed by atoms with Gasteiger partial charge in [-0.05, 0) is 38.5 Å². The monoisotopic (exact) mass is 390 g/mol. The molecule has 2 saturated carbocycles. The molecule has 158 valence electrons. The number of nitrogens with zero attached hydrogens (tertiary/aromatic N) is 4. The van der Waals surface area contributed by atoms with Gasteiger partial charge in [0.05, 0.1) is 0 Å². The molecule has 0 bridgehead atoms. The van der Waals surface area contributed by atoms with E-state index in [0.717, 1.165) is 64.1 Å². The van der Waals surface area contributed by atoms with Crippen LogP contribution in [0.2, 0.25) is 0 Å². The first-order valence-corrected chi connectivity index (χ1v) is 11.5. The van der Waals surface area contributed by atoms with E-state index in [1.807, 2.05) is 7.05 Å². The van der Waals surface area contributed by atoms with Crippen molar-refractivity contribution < 1.29 is 4.79 Å². The third kappa shape index (κ3) is 5.17. The van der Waals surface area contributed by atoms with Crippen LogP contribution in [0.25, 0.3) is 0 Å². The summed E-state index contributed by atoms with van der Waals surface area (Å²) in [6.45, 7) is 8.12. The van der Waals surface area contributed by atoms with Crippen molar-refractivity contribution in [2.75, 3.05) is 59.4 Å². The molecule has 2 aliphatic carbocycles. The Morgan fingerprint density at radius 1 is 0.964 bits per heavy atom. The van der Waals surface area contributed by atoms with Gasteiger partial charge in [-0.2, -0.15) is 0 Å². The summed E-state index contributed by atoms with van der Waals surface area (Å²) < 4.78 is 0. The SMILES string of the molecule is CN=C(NCCN1CCN(C(=O)C2CCC2)CC1)NC1CCN(C2CC2)CC1. The molecule has 7 heteroatoms. The number of carbonyl (C=O) groups excluding carboxylic acids is 1. The fraction of sp³-hybridized carbons (Fsp3) is 0.905. The van der Waals surface area contributed by atoms with Crippen molar-refractivity contribution in [1.82, 2.24) is 25.3 Å². The molecule has 2 heterocycles. The molecule has 4 fully saturated rings. The molecule has 2 aliphatic heterocycles. The Labute approximate surface area is 169 Å². The molecular formula is C21H38N6O. The summed E-state index contributed by atoms with van der Waals surface area (Å²) in [6, 6.07) is 1.44. The molecule has 1 amide bonds. The van der Waals surface area contributed by atoms with E-state index in [9.17, 15) is 4.79 Å². The summed E-state index contributed by atoms with van der Waals surface area (Å²) in [7, 11) is 1.86. The Morgan fingerprint density at radius 2 is 1.68 bits per heavy atom. The Balaban J connectivity index is 1.09. The van der Waals surface area contributed by atoms with E-state index in [4.69, 9.17) is 0 Å². The molecule has 2 N–H and O–H groups in total. The van der Waals surface area contributed by atoms with Crippen LogP contribution in [-0.2, 0) is 4.79 Å². The number of nitrogens with one attached hydrogen (secondary N) is 2. The molecule has 0 spiro atoms. The van der Waals surface area contributed by atoms with Crippen LogP contribution >= 0.6 is 0 Å². The van der Waals surface area contributed by atoms with Crippen molar-refractivity contribution in [2.24, 2.45) is 10.9 Å². The van der Waals surface area contributed by atoms with Crippen molar-refractivity contribution in [3.8, 4) is 0 Å². The van der Waals surface area contributed by atoms with E-state index in [1.54, 1.807) is 0 Å². The number of amides is 1. The Bertz CT molecular complexity index is 543. The summed E-state index contributed by atoms with van der Waals surface area (Å²) in [5.41, 5.74) is 0. The molecular weight excluding hydrogens is 352 g/mol. The predicted molar refractivity (Wildman–Crippen MR) is 112 cm³/mol. The molecule has 0 unspecified atom stereocenters. The van der Waals surface area contributed by atoms with Gasteiger partial charge in [0.15, 0.2) is 5.96 Å². The van der Waals surface area contributed by atoms with Crippen LogP contribution in [0.15, 0.2) is 4.99 Å². The van der Waals surface area contributed by atoms with Gasteiger partial charge in [0.1, 0.15) is 0 Å². The van der Waals surface area contributed by atoms with Gasteiger partial charge in [0, 0.05) is 77.4 Å². The minimum absolute atomic E-state index is 0.332. The smallest absolute Gasteiger partial charge is 0.225 e. The van der Waals surface area contributed by atoms with E-state index in [0.29, 0.717) is 17.9 Å². The minimum Gasteiger partial charge on any atom is -0.355 e. The lowest BCUT2D eigenvalue weighted by Crippen LogP contribution is -2.53. The number of hydrogen-bond donors (Lipinski definition) is 2. The van der Waals surface area contributed by atoms with Crippen molar-refractivity contribution in [3.05, 3.63) is 0 Å². The second-order valence-corrected chi connectivity index (χ2v) is 8.98. The Morgan fingerprint density at radius 3 is 2.25 bits per heavy atom. The highest BCUT2D eigenvalue weighted by Crippen LogP contribution is 2.29. The lowest BCUT2D eigenvalue weighted by atomic mass is 9.84. The number of aliphatic imine (C=N–C) groups is 1. The van der Waals surface area contributed by atoms with Gasteiger partial charge in [0.25, 0.3) is 0 Å². The number of carbonyl (C=O) groups is 1. The summed E-state index contributed by atoms with van der Waals surface area (Å²) in [5.74, 6) is 1.67. The number of guanidine groups is 1. The summed E-state index contributed by atoms with van der Waals surface area (Å²) in [4.78, 5) is 24.0. The minimum atomic E-state index is 0.332. The lowest BCUT2D eigenvalue weighted by molar-refractivity contribution is -0.139. The van der Waals surface area contributed by atoms with E-state index in [2.05, 4.69) is 30.3 Å². The zero-order valence-electron chi connectivity index (χ0n) is 17.5. The summed E-state index contributed by atoms with van der Waals surface area (Å²) >= 11 is 0. The number of rotatable bonds is 6. The summed E-state index contributed by atoms with van der Waals surface area (Å²) in [6.07, 6.45) is 8.69. The number of piperidine rings is 1. The molecule has 0 aromatic heterocycles. The Hall–Kier alpha value is -1.34. The standard InChI is InChI=1S/C21H38N6O/c1-22-21(24-18-7-10-26(11-8-18)19-5-6-19)23-9-12-25-13-15-27(16-14-25)20(28)17-3-2-4-17/h17-19H,2-16H2,1H3,(H2,22,23,24). The van der Waals surface area contributed by atoms with Gasteiger partial charge in [-0.15, -0.1) is 0 Å².